The Morgan fingerprint density at radius 2 is 1.61 bits per heavy atom. The minimum Gasteiger partial charge on any atom is -0.482 e. The average molecular weight is 242 g/mol. The molecule has 0 aromatic carbocycles. The van der Waals surface area contributed by atoms with Gasteiger partial charge in [0, 0.05) is 5.57 Å². The molecule has 0 N–H and O–H groups in total. The Morgan fingerprint density at radius 1 is 1.00 bits per heavy atom. The smallest absolute Gasteiger partial charge is 0.134 e. The van der Waals surface area contributed by atoms with Gasteiger partial charge < -0.3 is 4.74 Å². The van der Waals surface area contributed by atoms with Gasteiger partial charge in [-0.3, -0.25) is 0 Å². The number of rotatable bonds is 2. The van der Waals surface area contributed by atoms with Gasteiger partial charge in [0.25, 0.3) is 0 Å². The maximum Gasteiger partial charge on any atom is 0.134 e. The zero-order valence-corrected chi connectivity index (χ0v) is 11.9. The van der Waals surface area contributed by atoms with Gasteiger partial charge >= 0.3 is 0 Å². The van der Waals surface area contributed by atoms with E-state index in [1.54, 1.807) is 5.57 Å². The minimum atomic E-state index is -0.0763. The second-order valence-corrected chi connectivity index (χ2v) is 5.87. The van der Waals surface area contributed by atoms with Gasteiger partial charge in [-0.15, -0.1) is 0 Å². The quantitative estimate of drug-likeness (QED) is 0.674. The normalized spacial score (nSPS) is 24.7. The fourth-order valence-electron chi connectivity index (χ4n) is 3.55. The lowest BCUT2D eigenvalue weighted by molar-refractivity contribution is 0.0313. The van der Waals surface area contributed by atoms with Crippen LogP contribution >= 0.6 is 0 Å². The highest BCUT2D eigenvalue weighted by Crippen LogP contribution is 2.50. The van der Waals surface area contributed by atoms with E-state index in [0.717, 1.165) is 31.4 Å². The third-order valence-corrected chi connectivity index (χ3v) is 4.60. The Bertz CT molecular complexity index is 522. The number of ether oxygens (including phenoxy) is 1. The van der Waals surface area contributed by atoms with Crippen LogP contribution in [0.2, 0.25) is 0 Å². The van der Waals surface area contributed by atoms with Crippen LogP contribution in [0.1, 0.15) is 53.4 Å². The summed E-state index contributed by atoms with van der Waals surface area (Å²) in [5, 5.41) is 0. The lowest BCUT2D eigenvalue weighted by atomic mass is 9.82. The molecule has 0 saturated carbocycles. The molecule has 0 unspecified atom stereocenters. The summed E-state index contributed by atoms with van der Waals surface area (Å²) in [6.45, 7) is 8.93. The van der Waals surface area contributed by atoms with Crippen molar-refractivity contribution >= 4 is 0 Å². The van der Waals surface area contributed by atoms with Gasteiger partial charge in [-0.25, -0.2) is 0 Å². The van der Waals surface area contributed by atoms with Crippen molar-refractivity contribution in [3.05, 3.63) is 45.8 Å². The van der Waals surface area contributed by atoms with Crippen LogP contribution in [0.5, 0.6) is 0 Å². The molecule has 0 amide bonds. The summed E-state index contributed by atoms with van der Waals surface area (Å²) in [7, 11) is 0. The molecule has 0 radical (unpaired) electrons. The van der Waals surface area contributed by atoms with Crippen molar-refractivity contribution in [3.8, 4) is 0 Å². The third kappa shape index (κ3) is 1.46. The molecule has 96 valence electrons. The van der Waals surface area contributed by atoms with Crippen molar-refractivity contribution in [2.45, 2.75) is 59.0 Å². The van der Waals surface area contributed by atoms with E-state index < -0.39 is 0 Å². The maximum absolute atomic E-state index is 6.43. The summed E-state index contributed by atoms with van der Waals surface area (Å²) in [4.78, 5) is 0. The zero-order chi connectivity index (χ0) is 12.9. The van der Waals surface area contributed by atoms with E-state index in [-0.39, 0.29) is 5.60 Å². The van der Waals surface area contributed by atoms with Gasteiger partial charge in [0.05, 0.1) is 0 Å². The average Bonchev–Trinajstić information content (AvgIpc) is 2.90. The molecular weight excluding hydrogens is 220 g/mol. The van der Waals surface area contributed by atoms with Gasteiger partial charge in [0.15, 0.2) is 0 Å². The van der Waals surface area contributed by atoms with E-state index in [9.17, 15) is 0 Å². The van der Waals surface area contributed by atoms with E-state index in [2.05, 4.69) is 39.8 Å². The molecule has 0 bridgehead atoms. The lowest BCUT2D eigenvalue weighted by Gasteiger charge is -2.38. The molecule has 0 spiro atoms. The van der Waals surface area contributed by atoms with E-state index in [1.807, 2.05) is 0 Å². The molecule has 0 fully saturated rings. The van der Waals surface area contributed by atoms with Crippen molar-refractivity contribution < 1.29 is 4.74 Å². The summed E-state index contributed by atoms with van der Waals surface area (Å²) < 4.78 is 6.43. The van der Waals surface area contributed by atoms with Crippen molar-refractivity contribution in [1.82, 2.24) is 0 Å². The summed E-state index contributed by atoms with van der Waals surface area (Å²) in [6, 6.07) is 0. The highest BCUT2D eigenvalue weighted by Gasteiger charge is 2.42. The second kappa shape index (κ2) is 3.88. The third-order valence-electron chi connectivity index (χ3n) is 4.60. The van der Waals surface area contributed by atoms with E-state index in [4.69, 9.17) is 4.74 Å². The first-order chi connectivity index (χ1) is 8.59. The van der Waals surface area contributed by atoms with Crippen molar-refractivity contribution in [2.24, 2.45) is 0 Å². The van der Waals surface area contributed by atoms with Crippen LogP contribution < -0.4 is 0 Å². The van der Waals surface area contributed by atoms with E-state index in [1.165, 1.54) is 22.3 Å². The Morgan fingerprint density at radius 3 is 2.28 bits per heavy atom. The first kappa shape index (κ1) is 11.8. The summed E-state index contributed by atoms with van der Waals surface area (Å²) >= 11 is 0. The van der Waals surface area contributed by atoms with E-state index in [0.29, 0.717) is 0 Å². The Hall–Kier alpha value is -1.24. The molecule has 2 aliphatic carbocycles. The fourth-order valence-corrected chi connectivity index (χ4v) is 3.55. The minimum absolute atomic E-state index is 0.0763. The molecule has 1 aliphatic heterocycles. The molecule has 1 heteroatoms. The number of allylic oxidation sites excluding steroid dienone is 5. The molecule has 3 rings (SSSR count). The SMILES string of the molecule is CCC1(CC)OC2=C(CC(C)=C2)C2=C1C=C(C)C2. The molecule has 3 aliphatic rings. The van der Waals surface area contributed by atoms with Crippen LogP contribution in [0, 0.1) is 0 Å². The standard InChI is InChI=1S/C17H22O/c1-5-17(6-2)15-9-11(3)7-13(15)14-8-12(4)10-16(14)18-17/h9-10H,5-8H2,1-4H3. The molecule has 0 saturated heterocycles. The molecule has 0 aromatic heterocycles. The fraction of sp³-hybridized carbons (Fsp3) is 0.529. The lowest BCUT2D eigenvalue weighted by Crippen LogP contribution is -2.35. The van der Waals surface area contributed by atoms with Crippen molar-refractivity contribution in [2.75, 3.05) is 0 Å². The summed E-state index contributed by atoms with van der Waals surface area (Å²) in [5.41, 5.74) is 7.31. The predicted molar refractivity (Wildman–Crippen MR) is 75.2 cm³/mol. The second-order valence-electron chi connectivity index (χ2n) is 5.87. The molecule has 1 heterocycles. The Kier molecular flexibility index (Phi) is 2.55. The molecule has 0 atom stereocenters. The van der Waals surface area contributed by atoms with Crippen molar-refractivity contribution in [1.29, 1.82) is 0 Å². The molecule has 0 aromatic rings. The predicted octanol–water partition coefficient (Wildman–Crippen LogP) is 4.83. The van der Waals surface area contributed by atoms with Crippen molar-refractivity contribution in [3.63, 3.8) is 0 Å². The first-order valence-corrected chi connectivity index (χ1v) is 7.10. The number of hydrogen-bond donors (Lipinski definition) is 0. The van der Waals surface area contributed by atoms with Gasteiger partial charge in [-0.1, -0.05) is 31.1 Å². The molecule has 1 nitrogen and oxygen atoms in total. The number of fused-ring (bicyclic) bond motifs is 1. The highest BCUT2D eigenvalue weighted by atomic mass is 16.5. The largest absolute Gasteiger partial charge is 0.482 e. The monoisotopic (exact) mass is 242 g/mol. The summed E-state index contributed by atoms with van der Waals surface area (Å²) in [6.07, 6.45) is 8.93. The maximum atomic E-state index is 6.43. The van der Waals surface area contributed by atoms with Crippen LogP contribution in [0.3, 0.4) is 0 Å². The van der Waals surface area contributed by atoms with Crippen LogP contribution in [0.25, 0.3) is 0 Å². The first-order valence-electron chi connectivity index (χ1n) is 7.10. The topological polar surface area (TPSA) is 9.23 Å². The van der Waals surface area contributed by atoms with Crippen LogP contribution in [-0.2, 0) is 4.74 Å². The highest BCUT2D eigenvalue weighted by molar-refractivity contribution is 5.60. The molecular formula is C17H22O. The van der Waals surface area contributed by atoms with Gasteiger partial charge in [0.2, 0.25) is 0 Å². The van der Waals surface area contributed by atoms with E-state index >= 15 is 0 Å². The Balaban J connectivity index is 2.12. The van der Waals surface area contributed by atoms with Gasteiger partial charge in [0.1, 0.15) is 11.4 Å². The van der Waals surface area contributed by atoms with Gasteiger partial charge in [-0.05, 0) is 56.8 Å². The summed E-state index contributed by atoms with van der Waals surface area (Å²) in [5.74, 6) is 1.15. The zero-order valence-electron chi connectivity index (χ0n) is 11.9. The molecule has 18 heavy (non-hydrogen) atoms. The van der Waals surface area contributed by atoms with Gasteiger partial charge in [-0.2, -0.15) is 0 Å². The Labute approximate surface area is 110 Å². The van der Waals surface area contributed by atoms with Crippen LogP contribution in [0.15, 0.2) is 45.8 Å². The number of hydrogen-bond acceptors (Lipinski definition) is 1. The van der Waals surface area contributed by atoms with Crippen LogP contribution in [-0.4, -0.2) is 5.60 Å². The van der Waals surface area contributed by atoms with Crippen LogP contribution in [0.4, 0.5) is 0 Å².